The molecule has 0 aliphatic heterocycles. The van der Waals surface area contributed by atoms with Gasteiger partial charge in [-0.15, -0.1) is 0 Å². The molecule has 2 nitrogen and oxygen atoms in total. The number of nitrogens with one attached hydrogen (secondary N) is 1. The van der Waals surface area contributed by atoms with Gasteiger partial charge in [-0.25, -0.2) is 8.78 Å². The first-order chi connectivity index (χ1) is 6.75. The Labute approximate surface area is 81.6 Å². The van der Waals surface area contributed by atoms with Gasteiger partial charge in [0.05, 0.1) is 5.69 Å². The molecule has 1 aromatic rings. The van der Waals surface area contributed by atoms with E-state index in [-0.39, 0.29) is 12.3 Å². The third kappa shape index (κ3) is 2.96. The van der Waals surface area contributed by atoms with Crippen molar-refractivity contribution in [2.24, 2.45) is 0 Å². The maximum Gasteiger partial charge on any atom is 0.181 e. The standard InChI is InChI=1S/C10H13F2NO/c11-8-4-3-5-9(10(8)12)13-6-1-2-7-14/h3-5,13-14H,1-2,6-7H2. The van der Waals surface area contributed by atoms with E-state index < -0.39 is 11.6 Å². The highest BCUT2D eigenvalue weighted by molar-refractivity contribution is 5.44. The average molecular weight is 201 g/mol. The van der Waals surface area contributed by atoms with E-state index in [4.69, 9.17) is 5.11 Å². The summed E-state index contributed by atoms with van der Waals surface area (Å²) in [5.41, 5.74) is 0.169. The summed E-state index contributed by atoms with van der Waals surface area (Å²) in [6.07, 6.45) is 1.39. The summed E-state index contributed by atoms with van der Waals surface area (Å²) in [5.74, 6) is -1.70. The largest absolute Gasteiger partial charge is 0.396 e. The van der Waals surface area contributed by atoms with Gasteiger partial charge in [-0.05, 0) is 25.0 Å². The zero-order valence-electron chi connectivity index (χ0n) is 7.76. The van der Waals surface area contributed by atoms with Crippen molar-refractivity contribution in [1.82, 2.24) is 0 Å². The smallest absolute Gasteiger partial charge is 0.181 e. The first-order valence-corrected chi connectivity index (χ1v) is 4.54. The number of aliphatic hydroxyl groups excluding tert-OH is 1. The van der Waals surface area contributed by atoms with Crippen LogP contribution < -0.4 is 5.32 Å². The lowest BCUT2D eigenvalue weighted by Gasteiger charge is -2.06. The van der Waals surface area contributed by atoms with Crippen LogP contribution in [-0.2, 0) is 0 Å². The Balaban J connectivity index is 2.46. The van der Waals surface area contributed by atoms with Gasteiger partial charge in [-0.3, -0.25) is 0 Å². The first-order valence-electron chi connectivity index (χ1n) is 4.54. The Morgan fingerprint density at radius 2 is 2.00 bits per heavy atom. The van der Waals surface area contributed by atoms with Crippen molar-refractivity contribution < 1.29 is 13.9 Å². The van der Waals surface area contributed by atoms with E-state index in [0.29, 0.717) is 13.0 Å². The number of anilines is 1. The maximum atomic E-state index is 13.0. The van der Waals surface area contributed by atoms with Crippen LogP contribution in [0.15, 0.2) is 18.2 Å². The molecule has 0 aliphatic carbocycles. The summed E-state index contributed by atoms with van der Waals surface area (Å²) >= 11 is 0. The number of aliphatic hydroxyl groups is 1. The molecule has 2 N–H and O–H groups in total. The number of halogens is 2. The first kappa shape index (κ1) is 10.9. The minimum Gasteiger partial charge on any atom is -0.396 e. The van der Waals surface area contributed by atoms with Crippen molar-refractivity contribution in [3.05, 3.63) is 29.8 Å². The summed E-state index contributed by atoms with van der Waals surface area (Å²) in [4.78, 5) is 0. The SMILES string of the molecule is OCCCCNc1cccc(F)c1F. The quantitative estimate of drug-likeness (QED) is 0.715. The average Bonchev–Trinajstić information content (AvgIpc) is 2.19. The molecule has 0 atom stereocenters. The van der Waals surface area contributed by atoms with E-state index in [9.17, 15) is 8.78 Å². The molecule has 0 spiro atoms. The fraction of sp³-hybridized carbons (Fsp3) is 0.400. The highest BCUT2D eigenvalue weighted by Crippen LogP contribution is 2.16. The third-order valence-electron chi connectivity index (χ3n) is 1.85. The highest BCUT2D eigenvalue weighted by atomic mass is 19.2. The van der Waals surface area contributed by atoms with E-state index >= 15 is 0 Å². The molecule has 0 fully saturated rings. The number of rotatable bonds is 5. The zero-order chi connectivity index (χ0) is 10.4. The van der Waals surface area contributed by atoms with Gasteiger partial charge in [0.1, 0.15) is 0 Å². The number of unbranched alkanes of at least 4 members (excludes halogenated alkanes) is 1. The van der Waals surface area contributed by atoms with Gasteiger partial charge in [-0.1, -0.05) is 6.07 Å². The molecule has 0 saturated heterocycles. The van der Waals surface area contributed by atoms with Crippen molar-refractivity contribution in [2.75, 3.05) is 18.5 Å². The summed E-state index contributed by atoms with van der Waals surface area (Å²) in [6.45, 7) is 0.647. The summed E-state index contributed by atoms with van der Waals surface area (Å²) in [5, 5.41) is 11.3. The van der Waals surface area contributed by atoms with Crippen LogP contribution in [0.4, 0.5) is 14.5 Å². The summed E-state index contributed by atoms with van der Waals surface area (Å²) in [7, 11) is 0. The number of hydrogen-bond donors (Lipinski definition) is 2. The van der Waals surface area contributed by atoms with Crippen LogP contribution in [0.1, 0.15) is 12.8 Å². The Hall–Kier alpha value is -1.16. The number of hydrogen-bond acceptors (Lipinski definition) is 2. The van der Waals surface area contributed by atoms with Crippen molar-refractivity contribution in [3.8, 4) is 0 Å². The second-order valence-corrected chi connectivity index (χ2v) is 2.96. The van der Waals surface area contributed by atoms with Crippen LogP contribution in [0.3, 0.4) is 0 Å². The van der Waals surface area contributed by atoms with Crippen LogP contribution in [-0.4, -0.2) is 18.3 Å². The fourth-order valence-corrected chi connectivity index (χ4v) is 1.10. The van der Waals surface area contributed by atoms with Gasteiger partial charge in [0.2, 0.25) is 0 Å². The predicted octanol–water partition coefficient (Wildman–Crippen LogP) is 2.15. The van der Waals surface area contributed by atoms with Gasteiger partial charge < -0.3 is 10.4 Å². The highest BCUT2D eigenvalue weighted by Gasteiger charge is 2.05. The Bertz CT molecular complexity index is 291. The van der Waals surface area contributed by atoms with Crippen molar-refractivity contribution in [2.45, 2.75) is 12.8 Å². The van der Waals surface area contributed by atoms with Gasteiger partial charge in [0.25, 0.3) is 0 Å². The lowest BCUT2D eigenvalue weighted by Crippen LogP contribution is -2.04. The minimum atomic E-state index is -0.850. The maximum absolute atomic E-state index is 13.0. The zero-order valence-corrected chi connectivity index (χ0v) is 7.76. The van der Waals surface area contributed by atoms with Crippen molar-refractivity contribution in [3.63, 3.8) is 0 Å². The van der Waals surface area contributed by atoms with Gasteiger partial charge in [-0.2, -0.15) is 0 Å². The molecule has 1 rings (SSSR count). The second kappa shape index (κ2) is 5.54. The van der Waals surface area contributed by atoms with Gasteiger partial charge in [0, 0.05) is 13.2 Å². The third-order valence-corrected chi connectivity index (χ3v) is 1.85. The van der Waals surface area contributed by atoms with Gasteiger partial charge in [0.15, 0.2) is 11.6 Å². The molecule has 0 radical (unpaired) electrons. The van der Waals surface area contributed by atoms with Gasteiger partial charge >= 0.3 is 0 Å². The molecule has 0 amide bonds. The summed E-state index contributed by atoms with van der Waals surface area (Å²) < 4.78 is 25.7. The molecule has 0 bridgehead atoms. The number of benzene rings is 1. The molecule has 14 heavy (non-hydrogen) atoms. The molecule has 4 heteroatoms. The lowest BCUT2D eigenvalue weighted by atomic mass is 10.2. The van der Waals surface area contributed by atoms with E-state index in [0.717, 1.165) is 12.5 Å². The van der Waals surface area contributed by atoms with Crippen LogP contribution in [0, 0.1) is 11.6 Å². The fourth-order valence-electron chi connectivity index (χ4n) is 1.10. The predicted molar refractivity (Wildman–Crippen MR) is 51.2 cm³/mol. The minimum absolute atomic E-state index is 0.118. The van der Waals surface area contributed by atoms with E-state index in [1.165, 1.54) is 12.1 Å². The van der Waals surface area contributed by atoms with Crippen molar-refractivity contribution in [1.29, 1.82) is 0 Å². The lowest BCUT2D eigenvalue weighted by molar-refractivity contribution is 0.286. The molecular weight excluding hydrogens is 188 g/mol. The molecule has 0 aromatic heterocycles. The topological polar surface area (TPSA) is 32.3 Å². The Morgan fingerprint density at radius 3 is 2.71 bits per heavy atom. The van der Waals surface area contributed by atoms with Crippen LogP contribution >= 0.6 is 0 Å². The molecule has 0 aliphatic rings. The van der Waals surface area contributed by atoms with E-state index in [1.807, 2.05) is 0 Å². The normalized spacial score (nSPS) is 10.2. The molecule has 1 aromatic carbocycles. The van der Waals surface area contributed by atoms with Crippen LogP contribution in [0.5, 0.6) is 0 Å². The van der Waals surface area contributed by atoms with E-state index in [2.05, 4.69) is 5.32 Å². The van der Waals surface area contributed by atoms with E-state index in [1.54, 1.807) is 0 Å². The Kier molecular flexibility index (Phi) is 4.32. The molecule has 0 unspecified atom stereocenters. The monoisotopic (exact) mass is 201 g/mol. The molecule has 0 heterocycles. The molecule has 0 saturated carbocycles. The Morgan fingerprint density at radius 1 is 1.21 bits per heavy atom. The van der Waals surface area contributed by atoms with Crippen LogP contribution in [0.2, 0.25) is 0 Å². The summed E-state index contributed by atoms with van der Waals surface area (Å²) in [6, 6.07) is 4.01. The second-order valence-electron chi connectivity index (χ2n) is 2.96. The van der Waals surface area contributed by atoms with Crippen LogP contribution in [0.25, 0.3) is 0 Å². The van der Waals surface area contributed by atoms with Crippen molar-refractivity contribution >= 4 is 5.69 Å². The molecule has 78 valence electrons. The molecular formula is C10H13F2NO.